The number of hydrogen-bond acceptors (Lipinski definition) is 6. The Morgan fingerprint density at radius 1 is 1.12 bits per heavy atom. The Balaban J connectivity index is 1.54. The third-order valence-corrected chi connectivity index (χ3v) is 9.16. The van der Waals surface area contributed by atoms with Crippen molar-refractivity contribution < 1.29 is 18.7 Å². The molecule has 216 valence electrons. The quantitative estimate of drug-likeness (QED) is 0.185. The van der Waals surface area contributed by atoms with Crippen molar-refractivity contribution in [1.29, 1.82) is 0 Å². The van der Waals surface area contributed by atoms with Crippen LogP contribution in [0.25, 0.3) is 6.08 Å². The van der Waals surface area contributed by atoms with Crippen molar-refractivity contribution in [2.24, 2.45) is 4.99 Å². The summed E-state index contributed by atoms with van der Waals surface area (Å²) in [6, 6.07) is 13.7. The molecule has 5 rings (SSSR count). The minimum atomic E-state index is -0.822. The van der Waals surface area contributed by atoms with Gasteiger partial charge in [0.1, 0.15) is 18.2 Å². The van der Waals surface area contributed by atoms with Gasteiger partial charge in [-0.05, 0) is 99.3 Å². The molecular weight excluding hydrogens is 734 g/mol. The summed E-state index contributed by atoms with van der Waals surface area (Å²) in [6.45, 7) is 3.78. The molecule has 1 aromatic heterocycles. The van der Waals surface area contributed by atoms with E-state index in [0.29, 0.717) is 45.3 Å². The predicted molar refractivity (Wildman–Crippen MR) is 169 cm³/mol. The fourth-order valence-corrected chi connectivity index (χ4v) is 7.45. The van der Waals surface area contributed by atoms with Gasteiger partial charge in [-0.15, -0.1) is 0 Å². The van der Waals surface area contributed by atoms with Gasteiger partial charge < -0.3 is 9.47 Å². The molecule has 2 heterocycles. The minimum absolute atomic E-state index is 0.159. The van der Waals surface area contributed by atoms with E-state index in [9.17, 15) is 14.0 Å². The molecule has 0 N–H and O–H groups in total. The van der Waals surface area contributed by atoms with E-state index in [1.165, 1.54) is 28.0 Å². The summed E-state index contributed by atoms with van der Waals surface area (Å²) in [7, 11) is 0. The second kappa shape index (κ2) is 12.9. The van der Waals surface area contributed by atoms with Gasteiger partial charge in [0.15, 0.2) is 4.80 Å². The number of allylic oxidation sites excluding steroid dienone is 1. The molecule has 3 aromatic carbocycles. The smallest absolute Gasteiger partial charge is 0.338 e. The number of rotatable bonds is 7. The van der Waals surface area contributed by atoms with Gasteiger partial charge in [-0.2, -0.15) is 0 Å². The van der Waals surface area contributed by atoms with Crippen molar-refractivity contribution in [3.8, 4) is 5.75 Å². The first-order chi connectivity index (χ1) is 20.1. The molecule has 0 aliphatic carbocycles. The van der Waals surface area contributed by atoms with Gasteiger partial charge >= 0.3 is 5.97 Å². The van der Waals surface area contributed by atoms with Crippen LogP contribution in [0.3, 0.4) is 0 Å². The first kappa shape index (κ1) is 30.7. The number of thiazole rings is 1. The Hall–Kier alpha value is -2.76. The fraction of sp³-hybridized carbons (Fsp3) is 0.167. The largest absolute Gasteiger partial charge is 0.486 e. The van der Waals surface area contributed by atoms with Crippen LogP contribution < -0.4 is 19.6 Å². The lowest BCUT2D eigenvalue weighted by Gasteiger charge is -2.24. The van der Waals surface area contributed by atoms with E-state index in [1.807, 2.05) is 12.1 Å². The second-order valence-corrected chi connectivity index (χ2v) is 12.8. The monoisotopic (exact) mass is 752 g/mol. The lowest BCUT2D eigenvalue weighted by molar-refractivity contribution is -0.139. The van der Waals surface area contributed by atoms with Gasteiger partial charge in [-0.25, -0.2) is 14.2 Å². The zero-order valence-electron chi connectivity index (χ0n) is 22.1. The summed E-state index contributed by atoms with van der Waals surface area (Å²) < 4.78 is 28.3. The van der Waals surface area contributed by atoms with Crippen LogP contribution in [0.4, 0.5) is 4.39 Å². The highest BCUT2D eigenvalue weighted by Crippen LogP contribution is 2.36. The molecule has 1 aliphatic rings. The molecule has 0 spiro atoms. The molecule has 0 fully saturated rings. The molecule has 0 amide bonds. The van der Waals surface area contributed by atoms with E-state index in [0.717, 1.165) is 11.1 Å². The van der Waals surface area contributed by atoms with Crippen LogP contribution in [0.5, 0.6) is 5.75 Å². The number of aromatic nitrogens is 1. The highest BCUT2D eigenvalue weighted by molar-refractivity contribution is 9.11. The van der Waals surface area contributed by atoms with E-state index in [2.05, 4.69) is 36.9 Å². The predicted octanol–water partition coefficient (Wildman–Crippen LogP) is 7.35. The maximum atomic E-state index is 13.8. The molecule has 0 bridgehead atoms. The number of fused-ring (bicyclic) bond motifs is 1. The molecule has 12 heteroatoms. The fourth-order valence-electron chi connectivity index (χ4n) is 4.49. The first-order valence-electron chi connectivity index (χ1n) is 12.6. The molecule has 42 heavy (non-hydrogen) atoms. The van der Waals surface area contributed by atoms with Gasteiger partial charge in [-0.1, -0.05) is 52.7 Å². The van der Waals surface area contributed by atoms with Crippen LogP contribution in [0.15, 0.2) is 84.6 Å². The van der Waals surface area contributed by atoms with Crippen molar-refractivity contribution in [3.05, 3.63) is 127 Å². The molecule has 0 saturated heterocycles. The Kier molecular flexibility index (Phi) is 9.39. The maximum absolute atomic E-state index is 13.8. The van der Waals surface area contributed by atoms with Crippen molar-refractivity contribution in [2.45, 2.75) is 26.5 Å². The second-order valence-electron chi connectivity index (χ2n) is 9.19. The summed E-state index contributed by atoms with van der Waals surface area (Å²) in [6.07, 6.45) is 1.74. The zero-order valence-corrected chi connectivity index (χ0v) is 27.6. The molecular formula is C30H21Br2Cl2FN2O4S. The van der Waals surface area contributed by atoms with Crippen molar-refractivity contribution in [1.82, 2.24) is 4.57 Å². The lowest BCUT2D eigenvalue weighted by Crippen LogP contribution is -2.39. The Labute approximate surface area is 271 Å². The standard InChI is InChI=1S/C30H21Br2Cl2FN2O4S/c1-3-40-29(39)25-15(2)36-30-37(26(25)17-5-8-20(35)9-6-17)28(38)24(42-30)12-16-10-21(31)27(22(32)11-16)41-14-18-4-7-19(33)13-23(18)34/h4-13,26H,3,14H2,1-2H3/b24-12-/t26-/m0/s1. The maximum Gasteiger partial charge on any atom is 0.338 e. The zero-order chi connectivity index (χ0) is 30.1. The van der Waals surface area contributed by atoms with E-state index in [1.54, 1.807) is 50.3 Å². The average Bonchev–Trinajstić information content (AvgIpc) is 3.23. The highest BCUT2D eigenvalue weighted by Gasteiger charge is 2.33. The van der Waals surface area contributed by atoms with Crippen molar-refractivity contribution in [2.75, 3.05) is 6.61 Å². The van der Waals surface area contributed by atoms with E-state index in [4.69, 9.17) is 32.7 Å². The summed E-state index contributed by atoms with van der Waals surface area (Å²) >= 11 is 20.6. The number of hydrogen-bond donors (Lipinski definition) is 0. The number of carbonyl (C=O) groups is 1. The Bertz CT molecular complexity index is 1900. The summed E-state index contributed by atoms with van der Waals surface area (Å²) in [5.41, 5.74) is 2.38. The third kappa shape index (κ3) is 6.28. The number of esters is 1. The molecule has 0 radical (unpaired) electrons. The van der Waals surface area contributed by atoms with Crippen LogP contribution in [0.2, 0.25) is 10.0 Å². The molecule has 1 aliphatic heterocycles. The van der Waals surface area contributed by atoms with Gasteiger partial charge in [0.25, 0.3) is 5.56 Å². The number of benzene rings is 3. The molecule has 0 saturated carbocycles. The van der Waals surface area contributed by atoms with Crippen LogP contribution in [0.1, 0.15) is 36.6 Å². The average molecular weight is 755 g/mol. The van der Waals surface area contributed by atoms with Crippen LogP contribution in [-0.4, -0.2) is 17.1 Å². The summed E-state index contributed by atoms with van der Waals surface area (Å²) in [5, 5.41) is 1.04. The van der Waals surface area contributed by atoms with Crippen LogP contribution >= 0.6 is 66.4 Å². The SMILES string of the molecule is CCOC(=O)C1=C(C)N=c2s/c(=C\c3cc(Br)c(OCc4ccc(Cl)cc4Cl)c(Br)c3)c(=O)n2[C@H]1c1ccc(F)cc1. The normalized spacial score (nSPS) is 14.9. The first-order valence-corrected chi connectivity index (χ1v) is 15.7. The van der Waals surface area contributed by atoms with E-state index < -0.39 is 17.8 Å². The topological polar surface area (TPSA) is 69.9 Å². The minimum Gasteiger partial charge on any atom is -0.486 e. The third-order valence-electron chi connectivity index (χ3n) is 6.41. The van der Waals surface area contributed by atoms with Gasteiger partial charge in [-0.3, -0.25) is 9.36 Å². The number of halogens is 5. The Morgan fingerprint density at radius 3 is 2.45 bits per heavy atom. The number of nitrogens with zero attached hydrogens (tertiary/aromatic N) is 2. The van der Waals surface area contributed by atoms with E-state index in [-0.39, 0.29) is 24.3 Å². The molecule has 1 atom stereocenters. The van der Waals surface area contributed by atoms with Crippen LogP contribution in [-0.2, 0) is 16.1 Å². The van der Waals surface area contributed by atoms with Gasteiger partial charge in [0, 0.05) is 15.6 Å². The number of carbonyl (C=O) groups excluding carboxylic acids is 1. The van der Waals surface area contributed by atoms with Crippen molar-refractivity contribution in [3.63, 3.8) is 0 Å². The molecule has 0 unspecified atom stereocenters. The Morgan fingerprint density at radius 2 is 1.81 bits per heavy atom. The van der Waals surface area contributed by atoms with Gasteiger partial charge in [0.05, 0.1) is 37.4 Å². The molecule has 6 nitrogen and oxygen atoms in total. The van der Waals surface area contributed by atoms with E-state index >= 15 is 0 Å². The molecule has 4 aromatic rings. The van der Waals surface area contributed by atoms with Gasteiger partial charge in [0.2, 0.25) is 0 Å². The lowest BCUT2D eigenvalue weighted by atomic mass is 9.96. The van der Waals surface area contributed by atoms with Crippen molar-refractivity contribution >= 4 is 78.4 Å². The highest BCUT2D eigenvalue weighted by atomic mass is 79.9. The van der Waals surface area contributed by atoms with Crippen LogP contribution in [0, 0.1) is 5.82 Å². The summed E-state index contributed by atoms with van der Waals surface area (Å²) in [4.78, 5) is 31.8. The summed E-state index contributed by atoms with van der Waals surface area (Å²) in [5.74, 6) is -0.444. The number of ether oxygens (including phenoxy) is 2.